The highest BCUT2D eigenvalue weighted by atomic mass is 35.5. The van der Waals surface area contributed by atoms with Crippen molar-refractivity contribution in [1.29, 1.82) is 0 Å². The molecule has 1 aromatic rings. The first-order valence-corrected chi connectivity index (χ1v) is 7.13. The molecular formula is C14H25ClN4O. The van der Waals surface area contributed by atoms with Gasteiger partial charge in [0.05, 0.1) is 11.3 Å². The largest absolute Gasteiger partial charge is 0.334 e. The topological polar surface area (TPSA) is 64.2 Å². The van der Waals surface area contributed by atoms with Gasteiger partial charge in [0.1, 0.15) is 0 Å². The molecule has 114 valence electrons. The number of hydrogen-bond acceptors (Lipinski definition) is 3. The first-order chi connectivity index (χ1) is 9.04. The quantitative estimate of drug-likeness (QED) is 0.925. The highest BCUT2D eigenvalue weighted by molar-refractivity contribution is 5.95. The lowest BCUT2D eigenvalue weighted by molar-refractivity contribution is 0.0582. The highest BCUT2D eigenvalue weighted by Gasteiger charge is 2.31. The molecule has 2 heterocycles. The summed E-state index contributed by atoms with van der Waals surface area (Å²) in [5, 5.41) is 4.35. The minimum absolute atomic E-state index is 0. The number of hydrogen-bond donors (Lipinski definition) is 1. The molecule has 0 bridgehead atoms. The molecule has 2 unspecified atom stereocenters. The van der Waals surface area contributed by atoms with Gasteiger partial charge < -0.3 is 10.6 Å². The maximum Gasteiger partial charge on any atom is 0.257 e. The molecule has 1 amide bonds. The van der Waals surface area contributed by atoms with Gasteiger partial charge in [-0.05, 0) is 32.6 Å². The fraction of sp³-hybridized carbons (Fsp3) is 0.714. The van der Waals surface area contributed by atoms with E-state index in [0.29, 0.717) is 0 Å². The van der Waals surface area contributed by atoms with Crippen molar-refractivity contribution >= 4 is 18.3 Å². The molecule has 2 rings (SSSR count). The maximum absolute atomic E-state index is 12.7. The van der Waals surface area contributed by atoms with Crippen molar-refractivity contribution in [3.8, 4) is 0 Å². The third-order valence-electron chi connectivity index (χ3n) is 3.89. The van der Waals surface area contributed by atoms with Crippen LogP contribution in [0.1, 0.15) is 49.2 Å². The predicted molar refractivity (Wildman–Crippen MR) is 82.2 cm³/mol. The number of carbonyl (C=O) groups is 1. The van der Waals surface area contributed by atoms with Crippen LogP contribution in [0.3, 0.4) is 0 Å². The summed E-state index contributed by atoms with van der Waals surface area (Å²) >= 11 is 0. The summed E-state index contributed by atoms with van der Waals surface area (Å²) in [6.45, 7) is 4.82. The first-order valence-electron chi connectivity index (χ1n) is 7.13. The molecule has 1 aromatic heterocycles. The molecule has 2 N–H and O–H groups in total. The van der Waals surface area contributed by atoms with Gasteiger partial charge >= 0.3 is 0 Å². The van der Waals surface area contributed by atoms with Crippen LogP contribution in [0.25, 0.3) is 0 Å². The Hall–Kier alpha value is -1.07. The Morgan fingerprint density at radius 1 is 1.55 bits per heavy atom. The van der Waals surface area contributed by atoms with Crippen LogP contribution in [0.5, 0.6) is 0 Å². The average molecular weight is 301 g/mol. The van der Waals surface area contributed by atoms with Crippen LogP contribution in [0, 0.1) is 0 Å². The fourth-order valence-corrected chi connectivity index (χ4v) is 2.89. The van der Waals surface area contributed by atoms with Crippen molar-refractivity contribution in [2.75, 3.05) is 6.54 Å². The van der Waals surface area contributed by atoms with E-state index in [1.807, 2.05) is 32.0 Å². The van der Waals surface area contributed by atoms with Gasteiger partial charge in [-0.2, -0.15) is 5.10 Å². The Bertz CT molecular complexity index is 458. The summed E-state index contributed by atoms with van der Waals surface area (Å²) < 4.78 is 1.72. The molecule has 6 heteroatoms. The molecule has 1 fully saturated rings. The van der Waals surface area contributed by atoms with Crippen LogP contribution >= 0.6 is 12.4 Å². The summed E-state index contributed by atoms with van der Waals surface area (Å²) in [7, 11) is 1.86. The van der Waals surface area contributed by atoms with E-state index < -0.39 is 0 Å². The second kappa shape index (κ2) is 7.09. The Labute approximate surface area is 126 Å². The normalized spacial score (nSPS) is 20.4. The van der Waals surface area contributed by atoms with Gasteiger partial charge in [-0.3, -0.25) is 9.48 Å². The molecule has 0 saturated carbocycles. The summed E-state index contributed by atoms with van der Waals surface area (Å²) in [6.07, 6.45) is 5.83. The number of nitrogens with zero attached hydrogens (tertiary/aromatic N) is 3. The number of carbonyl (C=O) groups excluding carboxylic acids is 1. The minimum atomic E-state index is 0. The van der Waals surface area contributed by atoms with E-state index in [-0.39, 0.29) is 30.4 Å². The summed E-state index contributed by atoms with van der Waals surface area (Å²) in [5.41, 5.74) is 7.64. The van der Waals surface area contributed by atoms with Gasteiger partial charge in [-0.1, -0.05) is 6.92 Å². The average Bonchev–Trinajstić information content (AvgIpc) is 2.79. The molecule has 0 spiro atoms. The van der Waals surface area contributed by atoms with E-state index >= 15 is 0 Å². The molecule has 1 aliphatic rings. The Kier molecular flexibility index (Phi) is 6.02. The Balaban J connectivity index is 0.00000200. The number of aromatic nitrogens is 2. The zero-order valence-corrected chi connectivity index (χ0v) is 13.3. The summed E-state index contributed by atoms with van der Waals surface area (Å²) in [6, 6.07) is 0.178. The van der Waals surface area contributed by atoms with Crippen molar-refractivity contribution in [2.24, 2.45) is 12.8 Å². The van der Waals surface area contributed by atoms with Crippen LogP contribution in [0.2, 0.25) is 0 Å². The molecule has 1 aliphatic heterocycles. The number of likely N-dealkylation sites (tertiary alicyclic amines) is 1. The van der Waals surface area contributed by atoms with Crippen molar-refractivity contribution in [3.63, 3.8) is 0 Å². The van der Waals surface area contributed by atoms with Crippen LogP contribution in [-0.4, -0.2) is 39.2 Å². The van der Waals surface area contributed by atoms with Gasteiger partial charge in [0, 0.05) is 31.9 Å². The fourth-order valence-electron chi connectivity index (χ4n) is 2.89. The standard InChI is InChI=1S/C14H24N4O.ClH/c1-4-12-11(9-17(3)16-12)14(19)18-8-6-5-7-13(18)10(2)15;/h9-10,13H,4-8,15H2,1-3H3;1H. The molecule has 20 heavy (non-hydrogen) atoms. The second-order valence-electron chi connectivity index (χ2n) is 5.44. The number of halogens is 1. The van der Waals surface area contributed by atoms with E-state index in [2.05, 4.69) is 5.10 Å². The molecular weight excluding hydrogens is 276 g/mol. The van der Waals surface area contributed by atoms with Crippen LogP contribution in [0.15, 0.2) is 6.20 Å². The van der Waals surface area contributed by atoms with Gasteiger partial charge in [-0.15, -0.1) is 12.4 Å². The molecule has 0 radical (unpaired) electrons. The third kappa shape index (κ3) is 3.33. The van der Waals surface area contributed by atoms with E-state index in [0.717, 1.165) is 43.5 Å². The van der Waals surface area contributed by atoms with Crippen molar-refractivity contribution in [2.45, 2.75) is 51.6 Å². The minimum Gasteiger partial charge on any atom is -0.334 e. The lowest BCUT2D eigenvalue weighted by atomic mass is 9.96. The Morgan fingerprint density at radius 2 is 2.25 bits per heavy atom. The molecule has 0 aliphatic carbocycles. The van der Waals surface area contributed by atoms with Crippen molar-refractivity contribution in [3.05, 3.63) is 17.5 Å². The second-order valence-corrected chi connectivity index (χ2v) is 5.44. The van der Waals surface area contributed by atoms with Crippen LogP contribution in [-0.2, 0) is 13.5 Å². The maximum atomic E-state index is 12.7. The van der Waals surface area contributed by atoms with Gasteiger partial charge in [0.25, 0.3) is 5.91 Å². The van der Waals surface area contributed by atoms with E-state index in [9.17, 15) is 4.79 Å². The summed E-state index contributed by atoms with van der Waals surface area (Å²) in [5.74, 6) is 0.0898. The lowest BCUT2D eigenvalue weighted by Crippen LogP contribution is -2.51. The van der Waals surface area contributed by atoms with E-state index in [1.54, 1.807) is 4.68 Å². The predicted octanol–water partition coefficient (Wildman–Crippen LogP) is 1.75. The number of piperidine rings is 1. The van der Waals surface area contributed by atoms with Gasteiger partial charge in [0.2, 0.25) is 0 Å². The number of amides is 1. The SMILES string of the molecule is CCc1nn(C)cc1C(=O)N1CCCCC1C(C)N.Cl. The molecule has 2 atom stereocenters. The van der Waals surface area contributed by atoms with E-state index in [1.165, 1.54) is 0 Å². The van der Waals surface area contributed by atoms with Crippen molar-refractivity contribution < 1.29 is 4.79 Å². The summed E-state index contributed by atoms with van der Waals surface area (Å²) in [4.78, 5) is 14.7. The number of rotatable bonds is 3. The monoisotopic (exact) mass is 300 g/mol. The molecule has 0 aromatic carbocycles. The van der Waals surface area contributed by atoms with Gasteiger partial charge in [0.15, 0.2) is 0 Å². The van der Waals surface area contributed by atoms with E-state index in [4.69, 9.17) is 5.73 Å². The Morgan fingerprint density at radius 3 is 2.85 bits per heavy atom. The lowest BCUT2D eigenvalue weighted by Gasteiger charge is -2.38. The molecule has 1 saturated heterocycles. The number of nitrogens with two attached hydrogens (primary N) is 1. The first kappa shape index (κ1) is 17.0. The highest BCUT2D eigenvalue weighted by Crippen LogP contribution is 2.22. The smallest absolute Gasteiger partial charge is 0.257 e. The zero-order chi connectivity index (χ0) is 14.0. The zero-order valence-electron chi connectivity index (χ0n) is 12.5. The third-order valence-corrected chi connectivity index (χ3v) is 3.89. The number of aryl methyl sites for hydroxylation is 2. The van der Waals surface area contributed by atoms with Crippen molar-refractivity contribution in [1.82, 2.24) is 14.7 Å². The van der Waals surface area contributed by atoms with Gasteiger partial charge in [-0.25, -0.2) is 0 Å². The molecule has 5 nitrogen and oxygen atoms in total. The van der Waals surface area contributed by atoms with Crippen LogP contribution < -0.4 is 5.73 Å². The van der Waals surface area contributed by atoms with Crippen LogP contribution in [0.4, 0.5) is 0 Å².